The number of nitrogens with one attached hydrogen (secondary N) is 1. The standard InChI is InChI=1S/C23H27FN2O2S.C15H13ClFNO2S.C15H14FN.C7H14N2.2CH4.Cl2O2S/c24-21-7-5-19(6-8-21)23-22-4-2-1-3-18(22)11-14-26(23)29(27,28)16-20-15-25-12-9-17(20)10-13-25;16-21(19,20)18-10-9-11-3-1-2-4-14(11)15(18)12-5-7-13(17)8-6-12;16-13-7-5-12(6-8-13)15-14-4-2-1-3-11(14)9-10-17-15;8-7-5-9-3-1-6(7)2-4-9;;;1-5(2,3)4/h1-8,17,20,23H,9-16H2;1-8,15H,9-10H2;1-8,15,17H,9-10H2;6-7H,1-5,8H2;2*1H4;/t20-,23-;2*15-;7-;;;/m0001.../s1. The average molecular weight is 1260 g/mol. The van der Waals surface area contributed by atoms with E-state index in [1.54, 1.807) is 28.6 Å². The fourth-order valence-electron chi connectivity index (χ4n) is 12.7. The van der Waals surface area contributed by atoms with E-state index in [9.17, 15) is 30.0 Å². The lowest BCUT2D eigenvalue weighted by molar-refractivity contribution is 0.0611. The summed E-state index contributed by atoms with van der Waals surface area (Å²) in [5, 5.41) is 3.49. The predicted molar refractivity (Wildman–Crippen MR) is 329 cm³/mol. The van der Waals surface area contributed by atoms with Crippen molar-refractivity contribution in [3.05, 3.63) is 213 Å². The minimum absolute atomic E-state index is 0. The van der Waals surface area contributed by atoms with E-state index in [2.05, 4.69) is 66.8 Å². The van der Waals surface area contributed by atoms with Gasteiger partial charge in [0.05, 0.1) is 23.9 Å². The smallest absolute Gasteiger partial charge is 0.317 e. The number of hydrogen-bond acceptors (Lipinski definition) is 10. The zero-order chi connectivity index (χ0) is 57.5. The summed E-state index contributed by atoms with van der Waals surface area (Å²) in [5.41, 5.74) is 15.4. The minimum atomic E-state index is -3.86. The third kappa shape index (κ3) is 17.4. The van der Waals surface area contributed by atoms with Gasteiger partial charge in [-0.15, -0.1) is 0 Å². The van der Waals surface area contributed by atoms with Crippen molar-refractivity contribution in [2.24, 2.45) is 23.5 Å². The van der Waals surface area contributed by atoms with Gasteiger partial charge in [0.25, 0.3) is 0 Å². The Kier molecular flexibility index (Phi) is 23.4. The molecule has 0 spiro atoms. The Labute approximate surface area is 503 Å². The van der Waals surface area contributed by atoms with Crippen molar-refractivity contribution in [1.82, 2.24) is 23.7 Å². The van der Waals surface area contributed by atoms with Crippen LogP contribution >= 0.6 is 32.0 Å². The van der Waals surface area contributed by atoms with Crippen LogP contribution in [0.1, 0.15) is 109 Å². The van der Waals surface area contributed by atoms with E-state index >= 15 is 0 Å². The number of halogens is 6. The predicted octanol–water partition coefficient (Wildman–Crippen LogP) is 11.8. The van der Waals surface area contributed by atoms with Gasteiger partial charge in [0, 0.05) is 70.8 Å². The van der Waals surface area contributed by atoms with E-state index < -0.39 is 33.6 Å². The van der Waals surface area contributed by atoms with Gasteiger partial charge in [-0.3, -0.25) is 0 Å². The molecule has 9 aliphatic rings. The Morgan fingerprint density at radius 2 is 0.867 bits per heavy atom. The Hall–Kier alpha value is -4.41. The molecule has 6 fully saturated rings. The molecule has 0 unspecified atom stereocenters. The lowest BCUT2D eigenvalue weighted by Gasteiger charge is -2.45. The quantitative estimate of drug-likeness (QED) is 0.148. The van der Waals surface area contributed by atoms with Crippen molar-refractivity contribution in [2.45, 2.75) is 84.0 Å². The Morgan fingerprint density at radius 3 is 1.27 bits per heavy atom. The maximum Gasteiger partial charge on any atom is 0.317 e. The summed E-state index contributed by atoms with van der Waals surface area (Å²) in [6, 6.07) is 42.8. The number of hydrogen-bond donors (Lipinski definition) is 2. The highest BCUT2D eigenvalue weighted by Gasteiger charge is 2.42. The van der Waals surface area contributed by atoms with Crippen LogP contribution in [0.3, 0.4) is 0 Å². The lowest BCUT2D eigenvalue weighted by Crippen LogP contribution is -2.54. The molecule has 0 aliphatic carbocycles. The molecule has 6 aromatic carbocycles. The maximum absolute atomic E-state index is 13.6. The van der Waals surface area contributed by atoms with Crippen LogP contribution in [-0.2, 0) is 46.8 Å². The Morgan fingerprint density at radius 1 is 0.482 bits per heavy atom. The fraction of sp³-hybridized carbons (Fsp3) is 0.419. The molecule has 4 bridgehead atoms. The summed E-state index contributed by atoms with van der Waals surface area (Å²) in [6.07, 6.45) is 7.32. The van der Waals surface area contributed by atoms with Crippen LogP contribution in [0.4, 0.5) is 13.2 Å². The molecule has 0 aromatic heterocycles. The molecule has 15 rings (SSSR count). The summed E-state index contributed by atoms with van der Waals surface area (Å²) >= 11 is 0. The highest BCUT2D eigenvalue weighted by molar-refractivity contribution is 8.31. The van der Waals surface area contributed by atoms with E-state index in [1.807, 2.05) is 54.6 Å². The van der Waals surface area contributed by atoms with Gasteiger partial charge in [-0.05, 0) is 175 Å². The van der Waals surface area contributed by atoms with Crippen LogP contribution in [0, 0.1) is 35.2 Å². The summed E-state index contributed by atoms with van der Waals surface area (Å²) in [6.45, 7) is 8.64. The molecule has 6 aromatic rings. The monoisotopic (exact) mass is 1260 g/mol. The second-order valence-electron chi connectivity index (χ2n) is 21.7. The zero-order valence-corrected chi connectivity index (χ0v) is 49.4. The number of nitrogens with zero attached hydrogens (tertiary/aromatic N) is 4. The first-order valence-electron chi connectivity index (χ1n) is 27.5. The van der Waals surface area contributed by atoms with E-state index in [-0.39, 0.29) is 56.1 Å². The Bertz CT molecular complexity index is 3410. The molecule has 0 radical (unpaired) electrons. The molecular weight excluding hydrogens is 1180 g/mol. The van der Waals surface area contributed by atoms with Crippen LogP contribution in [-0.4, -0.2) is 114 Å². The van der Waals surface area contributed by atoms with Crippen molar-refractivity contribution < 1.29 is 38.4 Å². The molecule has 0 saturated carbocycles. The van der Waals surface area contributed by atoms with E-state index in [4.69, 9.17) is 24.8 Å². The summed E-state index contributed by atoms with van der Waals surface area (Å²) < 4.78 is 112. The van der Waals surface area contributed by atoms with Gasteiger partial charge < -0.3 is 20.9 Å². The second kappa shape index (κ2) is 29.3. The normalized spacial score (nSPS) is 25.1. The number of benzene rings is 6. The lowest BCUT2D eigenvalue weighted by atomic mass is 9.80. The van der Waals surface area contributed by atoms with Gasteiger partial charge in [-0.25, -0.2) is 21.6 Å². The molecule has 83 heavy (non-hydrogen) atoms. The highest BCUT2D eigenvalue weighted by atomic mass is 36.0. The molecule has 12 nitrogen and oxygen atoms in total. The number of sulfonamides is 1. The van der Waals surface area contributed by atoms with E-state index in [1.165, 1.54) is 83.3 Å². The molecule has 3 N–H and O–H groups in total. The first kappa shape index (κ1) is 66.1. The van der Waals surface area contributed by atoms with Gasteiger partial charge in [0.15, 0.2) is 0 Å². The van der Waals surface area contributed by atoms with Gasteiger partial charge in [0.2, 0.25) is 10.0 Å². The van der Waals surface area contributed by atoms with Gasteiger partial charge >= 0.3 is 17.5 Å². The number of fused-ring (bicyclic) bond motifs is 9. The maximum atomic E-state index is 13.6. The second-order valence-corrected chi connectivity index (χ2v) is 29.8. The van der Waals surface area contributed by atoms with Gasteiger partial charge in [-0.2, -0.15) is 25.4 Å². The number of nitrogens with two attached hydrogens (primary N) is 1. The van der Waals surface area contributed by atoms with Crippen molar-refractivity contribution in [2.75, 3.05) is 64.7 Å². The van der Waals surface area contributed by atoms with Crippen molar-refractivity contribution in [3.63, 3.8) is 0 Å². The van der Waals surface area contributed by atoms with E-state index in [0.29, 0.717) is 43.5 Å². The number of rotatable bonds is 7. The summed E-state index contributed by atoms with van der Waals surface area (Å²) in [7, 11) is 3.08. The minimum Gasteiger partial charge on any atom is -0.326 e. The van der Waals surface area contributed by atoms with Crippen LogP contribution in [0.25, 0.3) is 0 Å². The van der Waals surface area contributed by atoms with Crippen LogP contribution < -0.4 is 11.1 Å². The molecule has 5 atom stereocenters. The van der Waals surface area contributed by atoms with E-state index in [0.717, 1.165) is 85.7 Å². The topological polar surface area (TPSA) is 153 Å². The fourth-order valence-corrected chi connectivity index (χ4v) is 16.0. The third-order valence-corrected chi connectivity index (χ3v) is 20.2. The van der Waals surface area contributed by atoms with Crippen molar-refractivity contribution in [1.29, 1.82) is 0 Å². The average Bonchev–Trinajstić information content (AvgIpc) is 3.01. The van der Waals surface area contributed by atoms with Crippen LogP contribution in [0.2, 0.25) is 0 Å². The van der Waals surface area contributed by atoms with Crippen molar-refractivity contribution in [3.8, 4) is 0 Å². The van der Waals surface area contributed by atoms with Gasteiger partial charge in [0.1, 0.15) is 17.5 Å². The Balaban J connectivity index is 0.000000162. The third-order valence-electron chi connectivity index (χ3n) is 16.7. The molecule has 6 saturated heterocycles. The highest BCUT2D eigenvalue weighted by Crippen LogP contribution is 2.41. The van der Waals surface area contributed by atoms with Gasteiger partial charge in [-0.1, -0.05) is 124 Å². The molecule has 21 heteroatoms. The van der Waals surface area contributed by atoms with Crippen LogP contribution in [0.5, 0.6) is 0 Å². The van der Waals surface area contributed by atoms with Crippen molar-refractivity contribution >= 4 is 59.6 Å². The number of piperidine rings is 6. The SMILES string of the molecule is C.C.Fc1ccc([C@@H]2NCCc3ccccc32)cc1.N[C@@H]1CN2CCC1CC2.O=S(=O)(C[C@@H]1CN2CCC1CC2)N1CCc2ccccc2[C@@H]1c1ccc(F)cc1.O=S(=O)(Cl)Cl.O=S(=O)(Cl)N1CCc2ccccc2[C@@H]1c1ccc(F)cc1. The molecule has 9 heterocycles. The summed E-state index contributed by atoms with van der Waals surface area (Å²) in [5.74, 6) is 0.966. The zero-order valence-electron chi connectivity index (χ0n) is 44.7. The van der Waals surface area contributed by atoms with Crippen LogP contribution in [0.15, 0.2) is 146 Å². The molecular formula is C62H76Cl3F3N6O6S3. The molecule has 9 aliphatic heterocycles. The first-order valence-corrected chi connectivity index (χ1v) is 34.5. The molecule has 0 amide bonds. The molecule has 450 valence electrons. The summed E-state index contributed by atoms with van der Waals surface area (Å²) in [4.78, 5) is 4.88. The first-order chi connectivity index (χ1) is 38.7. The largest absolute Gasteiger partial charge is 0.326 e.